The number of hydrogen-bond acceptors (Lipinski definition) is 6. The van der Waals surface area contributed by atoms with Crippen LogP contribution in [0.3, 0.4) is 0 Å². The number of hydrogen-bond donors (Lipinski definition) is 3. The van der Waals surface area contributed by atoms with E-state index >= 15 is 0 Å². The molecule has 0 spiro atoms. The van der Waals surface area contributed by atoms with E-state index in [1.54, 1.807) is 39.0 Å². The van der Waals surface area contributed by atoms with Crippen LogP contribution >= 0.6 is 0 Å². The molecule has 6 aromatic rings. The Morgan fingerprint density at radius 1 is 0.364 bits per heavy atom. The van der Waals surface area contributed by atoms with E-state index in [-0.39, 0.29) is 91.4 Å². The Morgan fingerprint density at radius 3 is 0.808 bits per heavy atom. The Labute approximate surface area is 561 Å². The number of nitrogens with zero attached hydrogens (tertiary/aromatic N) is 3. The molecule has 3 fully saturated rings. The number of aromatic nitrogens is 6. The number of carbonyl (C=O) groups excluding carboxylic acids is 3. The van der Waals surface area contributed by atoms with Crippen molar-refractivity contribution >= 4 is 17.3 Å². The third-order valence-electron chi connectivity index (χ3n) is 22.4. The SMILES string of the molecule is CC1(C)CC(=O)C2=C(Cc3[nH]nc(C4CC(F)(F)C4)c3C2(C)c2cccc(C(F)(F)F)c2)C1.CC1(C)CC(=O)C2=C(Cc3[nH]nc(C4CC(F)(F)C4)c3[C@@]2(C)c2cccc(C(F)(F)F)c2)C1.CC1(C)CC(=O)C2=C(Cc3[nH]nc(C4CC(F)(F)C4)c3[C@]2(C)c2cccc(C(F)(F)F)c2)C1. The van der Waals surface area contributed by atoms with E-state index in [4.69, 9.17) is 0 Å². The van der Waals surface area contributed by atoms with Gasteiger partial charge in [0.05, 0.1) is 33.8 Å². The summed E-state index contributed by atoms with van der Waals surface area (Å²) in [6.07, 6.45) is -11.7. The maximum Gasteiger partial charge on any atom is 0.416 e. The van der Waals surface area contributed by atoms with Crippen molar-refractivity contribution < 1.29 is 80.2 Å². The summed E-state index contributed by atoms with van der Waals surface area (Å²) in [5, 5.41) is 22.1. The molecular weight excluding hydrogens is 1320 g/mol. The van der Waals surface area contributed by atoms with Crippen molar-refractivity contribution in [3.63, 3.8) is 0 Å². The minimum Gasteiger partial charge on any atom is -0.294 e. The largest absolute Gasteiger partial charge is 0.416 e. The number of alkyl halides is 15. The number of H-pyrrole nitrogens is 3. The minimum absolute atomic E-state index is 0.0992. The topological polar surface area (TPSA) is 137 Å². The molecule has 15 rings (SSSR count). The lowest BCUT2D eigenvalue weighted by atomic mass is 9.57. The van der Waals surface area contributed by atoms with Crippen LogP contribution in [-0.2, 0) is 68.4 Å². The van der Waals surface area contributed by atoms with E-state index in [1.807, 2.05) is 41.5 Å². The van der Waals surface area contributed by atoms with Gasteiger partial charge in [0.15, 0.2) is 17.3 Å². The number of allylic oxidation sites excluding steroid dienone is 6. The summed E-state index contributed by atoms with van der Waals surface area (Å²) in [4.78, 5) is 40.5. The molecule has 1 unspecified atom stereocenters. The average Bonchev–Trinajstić information content (AvgIpc) is 1.68. The maximum absolute atomic E-state index is 13.7. The minimum atomic E-state index is -4.55. The highest BCUT2D eigenvalue weighted by molar-refractivity contribution is 6.03. The first-order valence-electron chi connectivity index (χ1n) is 33.3. The number of rotatable bonds is 6. The molecule has 99 heavy (non-hydrogen) atoms. The number of Topliss-reactive ketones (excluding diaryl/α,β-unsaturated/α-hetero) is 3. The van der Waals surface area contributed by atoms with Gasteiger partial charge in [-0.25, -0.2) is 26.3 Å². The number of benzene rings is 3. The molecule has 0 bridgehead atoms. The lowest BCUT2D eigenvalue weighted by Gasteiger charge is -2.45. The molecular formula is C75H75F15N6O3. The summed E-state index contributed by atoms with van der Waals surface area (Å²) in [7, 11) is 0. The van der Waals surface area contributed by atoms with Gasteiger partial charge in [-0.15, -0.1) is 0 Å². The number of halogens is 15. The third kappa shape index (κ3) is 12.1. The highest BCUT2D eigenvalue weighted by atomic mass is 19.4. The van der Waals surface area contributed by atoms with Crippen LogP contribution < -0.4 is 0 Å². The predicted molar refractivity (Wildman–Crippen MR) is 336 cm³/mol. The van der Waals surface area contributed by atoms with E-state index in [1.165, 1.54) is 18.2 Å². The van der Waals surface area contributed by atoms with Crippen LogP contribution in [0.5, 0.6) is 0 Å². The van der Waals surface area contributed by atoms with Gasteiger partial charge in [-0.1, -0.05) is 113 Å². The van der Waals surface area contributed by atoms with Crippen LogP contribution in [0.2, 0.25) is 0 Å². The summed E-state index contributed by atoms with van der Waals surface area (Å²) < 4.78 is 204. The van der Waals surface area contributed by atoms with Crippen molar-refractivity contribution in [2.75, 3.05) is 0 Å². The van der Waals surface area contributed by atoms with Gasteiger partial charge >= 0.3 is 18.5 Å². The Balaban J connectivity index is 0.000000133. The second-order valence-corrected chi connectivity index (χ2v) is 32.2. The summed E-state index contributed by atoms with van der Waals surface area (Å²) in [6.45, 7) is 17.3. The van der Waals surface area contributed by atoms with Crippen LogP contribution in [0.25, 0.3) is 0 Å². The first-order valence-corrected chi connectivity index (χ1v) is 33.3. The lowest BCUT2D eigenvalue weighted by Crippen LogP contribution is -2.42. The van der Waals surface area contributed by atoms with Crippen molar-refractivity contribution in [2.24, 2.45) is 16.2 Å². The number of aromatic amines is 3. The standard InChI is InChI=1S/3C25H25F5N2O/c3*1-22(2)9-13-7-17-20(21(32-31-17)14-10-24(26,27)11-14)23(3,19(13)18(33)12-22)15-5-4-6-16(8-15)25(28,29)30/h3*4-6,8,14H,7,9-12H2,1-3H3,(H,31,32)/t2*23-;/m10./s1. The van der Waals surface area contributed by atoms with Crippen LogP contribution in [0.15, 0.2) is 106 Å². The molecule has 3 N–H and O–H groups in total. The molecule has 0 saturated heterocycles. The molecule has 3 saturated carbocycles. The second kappa shape index (κ2) is 22.7. The Morgan fingerprint density at radius 2 is 0.596 bits per heavy atom. The van der Waals surface area contributed by atoms with E-state index in [0.29, 0.717) is 123 Å². The van der Waals surface area contributed by atoms with Gasteiger partial charge in [-0.3, -0.25) is 29.7 Å². The molecule has 9 aliphatic rings. The zero-order chi connectivity index (χ0) is 71.9. The molecule has 3 heterocycles. The molecule has 9 nitrogen and oxygen atoms in total. The van der Waals surface area contributed by atoms with Gasteiger partial charge in [0.25, 0.3) is 0 Å². The number of nitrogens with one attached hydrogen (secondary N) is 3. The van der Waals surface area contributed by atoms with E-state index in [2.05, 4.69) is 30.6 Å². The van der Waals surface area contributed by atoms with Crippen LogP contribution in [0.1, 0.15) is 241 Å². The predicted octanol–water partition coefficient (Wildman–Crippen LogP) is 19.5. The molecule has 9 aliphatic carbocycles. The number of ketones is 3. The van der Waals surface area contributed by atoms with Crippen molar-refractivity contribution in [1.29, 1.82) is 0 Å². The monoisotopic (exact) mass is 1390 g/mol. The van der Waals surface area contributed by atoms with Gasteiger partial charge in [0, 0.05) is 162 Å². The molecule has 3 aromatic heterocycles. The summed E-state index contributed by atoms with van der Waals surface area (Å²) in [5.74, 6) is -10.1. The van der Waals surface area contributed by atoms with Crippen LogP contribution in [0.4, 0.5) is 65.9 Å². The molecule has 24 heteroatoms. The van der Waals surface area contributed by atoms with E-state index in [9.17, 15) is 80.2 Å². The average molecular weight is 1390 g/mol. The summed E-state index contributed by atoms with van der Waals surface area (Å²) in [5.41, 5.74) is 3.53. The summed E-state index contributed by atoms with van der Waals surface area (Å²) in [6, 6.07) is 15.0. The molecule has 0 aliphatic heterocycles. The fraction of sp³-hybridized carbons (Fsp3) is 0.520. The Bertz CT molecular complexity index is 3990. The van der Waals surface area contributed by atoms with Gasteiger partial charge in [-0.05, 0) is 91.2 Å². The summed E-state index contributed by atoms with van der Waals surface area (Å²) >= 11 is 0. The quantitative estimate of drug-likeness (QED) is 0.142. The molecule has 3 atom stereocenters. The fourth-order valence-electron chi connectivity index (χ4n) is 18.3. The van der Waals surface area contributed by atoms with Crippen molar-refractivity contribution in [2.45, 2.75) is 229 Å². The van der Waals surface area contributed by atoms with Crippen LogP contribution in [0, 0.1) is 16.2 Å². The maximum atomic E-state index is 13.7. The molecule has 0 amide bonds. The first-order chi connectivity index (χ1) is 45.6. The molecule has 3 aromatic carbocycles. The second-order valence-electron chi connectivity index (χ2n) is 32.2. The normalized spacial score (nSPS) is 26.6. The highest BCUT2D eigenvalue weighted by Gasteiger charge is 2.58. The molecule has 528 valence electrons. The Kier molecular flexibility index (Phi) is 16.1. The van der Waals surface area contributed by atoms with Gasteiger partial charge in [0.1, 0.15) is 0 Å². The van der Waals surface area contributed by atoms with Gasteiger partial charge in [0.2, 0.25) is 17.8 Å². The first kappa shape index (κ1) is 69.9. The lowest BCUT2D eigenvalue weighted by molar-refractivity contribution is -0.138. The van der Waals surface area contributed by atoms with Gasteiger partial charge < -0.3 is 0 Å². The Hall–Kier alpha value is -7.53. The zero-order valence-electron chi connectivity index (χ0n) is 56.0. The highest BCUT2D eigenvalue weighted by Crippen LogP contribution is 2.62. The fourth-order valence-corrected chi connectivity index (χ4v) is 18.3. The van der Waals surface area contributed by atoms with E-state index in [0.717, 1.165) is 53.1 Å². The van der Waals surface area contributed by atoms with Crippen molar-refractivity contribution in [3.05, 3.63) is 190 Å². The number of fused-ring (bicyclic) bond motifs is 3. The number of carbonyl (C=O) groups is 3. The molecule has 0 radical (unpaired) electrons. The van der Waals surface area contributed by atoms with E-state index < -0.39 is 87.0 Å². The van der Waals surface area contributed by atoms with Crippen LogP contribution in [-0.4, -0.2) is 65.7 Å². The smallest absolute Gasteiger partial charge is 0.294 e. The van der Waals surface area contributed by atoms with Crippen molar-refractivity contribution in [3.8, 4) is 0 Å². The third-order valence-corrected chi connectivity index (χ3v) is 22.4. The zero-order valence-corrected chi connectivity index (χ0v) is 56.0. The van der Waals surface area contributed by atoms with Gasteiger partial charge in [-0.2, -0.15) is 54.8 Å². The van der Waals surface area contributed by atoms with Crippen molar-refractivity contribution in [1.82, 2.24) is 30.6 Å².